The number of hydrogen-bond donors (Lipinski definition) is 1. The number of ether oxygens (including phenoxy) is 2. The summed E-state index contributed by atoms with van der Waals surface area (Å²) in [5.74, 6) is 0.188. The SMILES string of the molecule is CCOc1cc(C(=O)N/N=C/c2cc(Cl)c(OS(=O)(=O)c3ccc(Cl)cc3)c(Cl)c2)ccc1OC. The Morgan fingerprint density at radius 1 is 1.00 bits per heavy atom. The van der Waals surface area contributed by atoms with E-state index in [1.165, 1.54) is 55.8 Å². The third-order valence-corrected chi connectivity index (χ3v) is 6.47. The monoisotopic (exact) mass is 556 g/mol. The Bertz CT molecular complexity index is 1340. The molecule has 0 atom stereocenters. The molecule has 1 amide bonds. The fraction of sp³-hybridized carbons (Fsp3) is 0.130. The highest BCUT2D eigenvalue weighted by molar-refractivity contribution is 7.87. The normalized spacial score (nSPS) is 11.3. The zero-order chi connectivity index (χ0) is 25.6. The van der Waals surface area contributed by atoms with Crippen LogP contribution in [-0.4, -0.2) is 34.3 Å². The van der Waals surface area contributed by atoms with Crippen LogP contribution in [0.15, 0.2) is 64.6 Å². The second-order valence-corrected chi connectivity index (χ2v) is 9.60. The molecule has 0 saturated heterocycles. The van der Waals surface area contributed by atoms with Crippen molar-refractivity contribution in [3.63, 3.8) is 0 Å². The van der Waals surface area contributed by atoms with E-state index in [0.29, 0.717) is 34.3 Å². The van der Waals surface area contributed by atoms with Crippen molar-refractivity contribution in [2.45, 2.75) is 11.8 Å². The summed E-state index contributed by atoms with van der Waals surface area (Å²) in [4.78, 5) is 12.3. The van der Waals surface area contributed by atoms with E-state index in [2.05, 4.69) is 10.5 Å². The number of nitrogens with zero attached hydrogens (tertiary/aromatic N) is 1. The second-order valence-electron chi connectivity index (χ2n) is 6.80. The topological polar surface area (TPSA) is 103 Å². The third kappa shape index (κ3) is 6.79. The zero-order valence-electron chi connectivity index (χ0n) is 18.4. The zero-order valence-corrected chi connectivity index (χ0v) is 21.5. The molecule has 8 nitrogen and oxygen atoms in total. The summed E-state index contributed by atoms with van der Waals surface area (Å²) in [6, 6.07) is 12.9. The first-order valence-electron chi connectivity index (χ1n) is 9.98. The molecule has 0 aliphatic rings. The summed E-state index contributed by atoms with van der Waals surface area (Å²) in [6.07, 6.45) is 1.29. The number of carbonyl (C=O) groups excluding carboxylic acids is 1. The average Bonchev–Trinajstić information content (AvgIpc) is 2.82. The summed E-state index contributed by atoms with van der Waals surface area (Å²) >= 11 is 18.2. The lowest BCUT2D eigenvalue weighted by molar-refractivity contribution is 0.0954. The highest BCUT2D eigenvalue weighted by Gasteiger charge is 2.21. The fourth-order valence-electron chi connectivity index (χ4n) is 2.81. The van der Waals surface area contributed by atoms with Crippen molar-refractivity contribution < 1.29 is 26.9 Å². The molecule has 0 unspecified atom stereocenters. The first-order chi connectivity index (χ1) is 16.6. The quantitative estimate of drug-likeness (QED) is 0.209. The largest absolute Gasteiger partial charge is 0.493 e. The number of nitrogens with one attached hydrogen (secondary N) is 1. The predicted molar refractivity (Wildman–Crippen MR) is 135 cm³/mol. The Morgan fingerprint density at radius 2 is 1.66 bits per heavy atom. The molecular weight excluding hydrogens is 539 g/mol. The van der Waals surface area contributed by atoms with Crippen molar-refractivity contribution >= 4 is 57.0 Å². The van der Waals surface area contributed by atoms with E-state index in [0.717, 1.165) is 0 Å². The Kier molecular flexibility index (Phi) is 8.85. The van der Waals surface area contributed by atoms with Gasteiger partial charge in [-0.3, -0.25) is 4.79 Å². The maximum Gasteiger partial charge on any atom is 0.339 e. The lowest BCUT2D eigenvalue weighted by atomic mass is 10.2. The number of benzene rings is 3. The van der Waals surface area contributed by atoms with E-state index in [9.17, 15) is 13.2 Å². The molecule has 0 saturated carbocycles. The van der Waals surface area contributed by atoms with Crippen LogP contribution in [0.4, 0.5) is 0 Å². The number of rotatable bonds is 9. The van der Waals surface area contributed by atoms with Gasteiger partial charge in [-0.05, 0) is 67.1 Å². The highest BCUT2D eigenvalue weighted by Crippen LogP contribution is 2.36. The standard InChI is InChI=1S/C23H19Cl3N2O6S/c1-3-33-21-12-15(4-9-20(21)32-2)23(29)28-27-13-14-10-18(25)22(19(26)11-14)34-35(30,31)17-7-5-16(24)6-8-17/h4-13H,3H2,1-2H3,(H,28,29)/b27-13+. The van der Waals surface area contributed by atoms with Gasteiger partial charge in [-0.2, -0.15) is 13.5 Å². The minimum absolute atomic E-state index is 0.0701. The van der Waals surface area contributed by atoms with Crippen LogP contribution in [0.25, 0.3) is 0 Å². The number of carbonyl (C=O) groups is 1. The van der Waals surface area contributed by atoms with Gasteiger partial charge in [-0.15, -0.1) is 0 Å². The van der Waals surface area contributed by atoms with Crippen molar-refractivity contribution in [2.75, 3.05) is 13.7 Å². The highest BCUT2D eigenvalue weighted by atomic mass is 35.5. The molecule has 0 fully saturated rings. The van der Waals surface area contributed by atoms with E-state index >= 15 is 0 Å². The van der Waals surface area contributed by atoms with Gasteiger partial charge in [0.1, 0.15) is 4.90 Å². The molecule has 35 heavy (non-hydrogen) atoms. The first kappa shape index (κ1) is 26.6. The number of halogens is 3. The minimum atomic E-state index is -4.20. The Labute approximate surface area is 217 Å². The van der Waals surface area contributed by atoms with Crippen LogP contribution in [0.5, 0.6) is 17.2 Å². The molecule has 0 spiro atoms. The van der Waals surface area contributed by atoms with Gasteiger partial charge in [0.05, 0.1) is 30.0 Å². The molecule has 0 bridgehead atoms. The van der Waals surface area contributed by atoms with Gasteiger partial charge in [0, 0.05) is 10.6 Å². The first-order valence-corrected chi connectivity index (χ1v) is 12.5. The number of amides is 1. The van der Waals surface area contributed by atoms with Crippen LogP contribution in [0.2, 0.25) is 15.1 Å². The molecule has 3 rings (SSSR count). The van der Waals surface area contributed by atoms with Crippen LogP contribution in [-0.2, 0) is 10.1 Å². The van der Waals surface area contributed by atoms with Crippen molar-refractivity contribution in [1.29, 1.82) is 0 Å². The number of hydrogen-bond acceptors (Lipinski definition) is 7. The van der Waals surface area contributed by atoms with Gasteiger partial charge in [-0.25, -0.2) is 5.43 Å². The van der Waals surface area contributed by atoms with Gasteiger partial charge in [0.15, 0.2) is 17.2 Å². The van der Waals surface area contributed by atoms with E-state index in [1.807, 2.05) is 6.92 Å². The molecule has 184 valence electrons. The summed E-state index contributed by atoms with van der Waals surface area (Å²) < 4.78 is 40.8. The lowest BCUT2D eigenvalue weighted by Gasteiger charge is -2.11. The molecule has 0 aliphatic carbocycles. The van der Waals surface area contributed by atoms with Crippen LogP contribution in [0.1, 0.15) is 22.8 Å². The van der Waals surface area contributed by atoms with Gasteiger partial charge < -0.3 is 13.7 Å². The van der Waals surface area contributed by atoms with Crippen molar-refractivity contribution in [2.24, 2.45) is 5.10 Å². The maximum absolute atomic E-state index is 12.5. The molecule has 0 aliphatic heterocycles. The molecule has 3 aromatic rings. The predicted octanol–water partition coefficient (Wildman–Crippen LogP) is 5.59. The Hall–Kier alpha value is -2.98. The molecule has 0 heterocycles. The molecular formula is C23H19Cl3N2O6S. The molecule has 12 heteroatoms. The van der Waals surface area contributed by atoms with E-state index < -0.39 is 16.0 Å². The van der Waals surface area contributed by atoms with Crippen LogP contribution < -0.4 is 19.1 Å². The third-order valence-electron chi connectivity index (χ3n) is 4.42. The van der Waals surface area contributed by atoms with Gasteiger partial charge in [0.2, 0.25) is 0 Å². The van der Waals surface area contributed by atoms with Gasteiger partial charge in [0.25, 0.3) is 5.91 Å². The average molecular weight is 558 g/mol. The molecule has 0 aromatic heterocycles. The van der Waals surface area contributed by atoms with E-state index in [1.54, 1.807) is 12.1 Å². The Balaban J connectivity index is 1.73. The van der Waals surface area contributed by atoms with E-state index in [-0.39, 0.29) is 20.7 Å². The Morgan fingerprint density at radius 3 is 2.26 bits per heavy atom. The maximum atomic E-state index is 12.5. The van der Waals surface area contributed by atoms with Crippen molar-refractivity contribution in [3.05, 3.63) is 80.8 Å². The molecule has 0 radical (unpaired) electrons. The van der Waals surface area contributed by atoms with E-state index in [4.69, 9.17) is 48.5 Å². The summed E-state index contributed by atoms with van der Waals surface area (Å²) in [7, 11) is -2.70. The molecule has 1 N–H and O–H groups in total. The number of methoxy groups -OCH3 is 1. The van der Waals surface area contributed by atoms with Gasteiger partial charge in [-0.1, -0.05) is 34.8 Å². The summed E-state index contributed by atoms with van der Waals surface area (Å²) in [5.41, 5.74) is 3.08. The van der Waals surface area contributed by atoms with Gasteiger partial charge >= 0.3 is 10.1 Å². The number of hydrazone groups is 1. The second kappa shape index (κ2) is 11.6. The van der Waals surface area contributed by atoms with Crippen molar-refractivity contribution in [1.82, 2.24) is 5.43 Å². The lowest BCUT2D eigenvalue weighted by Crippen LogP contribution is -2.17. The van der Waals surface area contributed by atoms with Crippen LogP contribution in [0.3, 0.4) is 0 Å². The summed E-state index contributed by atoms with van der Waals surface area (Å²) in [6.45, 7) is 2.22. The van der Waals surface area contributed by atoms with Crippen molar-refractivity contribution in [3.8, 4) is 17.2 Å². The smallest absolute Gasteiger partial charge is 0.339 e. The molecule has 3 aromatic carbocycles. The van der Waals surface area contributed by atoms with Crippen LogP contribution in [0, 0.1) is 0 Å². The minimum Gasteiger partial charge on any atom is -0.493 e. The summed E-state index contributed by atoms with van der Waals surface area (Å²) in [5, 5.41) is 4.13. The fourth-order valence-corrected chi connectivity index (χ4v) is 4.57. The van der Waals surface area contributed by atoms with Crippen LogP contribution >= 0.6 is 34.8 Å².